The van der Waals surface area contributed by atoms with E-state index >= 15 is 0 Å². The van der Waals surface area contributed by atoms with Crippen LogP contribution in [0.2, 0.25) is 0 Å². The Hall–Kier alpha value is -0.930. The lowest BCUT2D eigenvalue weighted by atomic mass is 9.75. The van der Waals surface area contributed by atoms with Gasteiger partial charge >= 0.3 is 0 Å². The molecular formula is C18H27FN2. The van der Waals surface area contributed by atoms with Gasteiger partial charge in [0.25, 0.3) is 0 Å². The largest absolute Gasteiger partial charge is 0.311 e. The zero-order chi connectivity index (χ0) is 14.7. The molecule has 1 aromatic rings. The van der Waals surface area contributed by atoms with E-state index in [1.165, 1.54) is 38.9 Å². The minimum Gasteiger partial charge on any atom is -0.311 e. The highest BCUT2D eigenvalue weighted by Gasteiger charge is 2.33. The quantitative estimate of drug-likeness (QED) is 0.892. The number of halogens is 1. The van der Waals surface area contributed by atoms with Crippen molar-refractivity contribution < 1.29 is 4.39 Å². The van der Waals surface area contributed by atoms with E-state index in [9.17, 15) is 4.39 Å². The molecule has 0 amide bonds. The third-order valence-corrected chi connectivity index (χ3v) is 5.08. The highest BCUT2D eigenvalue weighted by Crippen LogP contribution is 2.38. The van der Waals surface area contributed by atoms with Gasteiger partial charge in [-0.3, -0.25) is 0 Å². The van der Waals surface area contributed by atoms with E-state index in [4.69, 9.17) is 0 Å². The first-order chi connectivity index (χ1) is 10.3. The van der Waals surface area contributed by atoms with E-state index in [-0.39, 0.29) is 5.82 Å². The van der Waals surface area contributed by atoms with Crippen LogP contribution in [0.5, 0.6) is 0 Å². The fourth-order valence-electron chi connectivity index (χ4n) is 3.79. The Kier molecular flexibility index (Phi) is 4.91. The minimum absolute atomic E-state index is 0.0335. The molecule has 0 unspecified atom stereocenters. The fraction of sp³-hybridized carbons (Fsp3) is 0.667. The number of likely N-dealkylation sites (tertiary alicyclic amines) is 1. The van der Waals surface area contributed by atoms with Crippen LogP contribution in [0.3, 0.4) is 0 Å². The Balaban J connectivity index is 1.41. The maximum Gasteiger partial charge on any atom is 0.126 e. The van der Waals surface area contributed by atoms with E-state index in [0.717, 1.165) is 18.4 Å². The first kappa shape index (κ1) is 15.0. The average molecular weight is 290 g/mol. The standard InChI is InChI=1S/C18H27FN2/c1-2-9-21-10-7-15(8-11-21)20-16-12-14(13-16)17-5-3-4-6-18(17)19/h3-6,14-16,20H,2,7-13H2,1H3. The maximum absolute atomic E-state index is 13.7. The SMILES string of the molecule is CCCN1CCC(NC2CC(c3ccccc3F)C2)CC1. The van der Waals surface area contributed by atoms with Gasteiger partial charge in [0, 0.05) is 12.1 Å². The van der Waals surface area contributed by atoms with Crippen LogP contribution < -0.4 is 5.32 Å². The van der Waals surface area contributed by atoms with Gasteiger partial charge in [0.2, 0.25) is 0 Å². The summed E-state index contributed by atoms with van der Waals surface area (Å²) in [5.74, 6) is 0.387. The van der Waals surface area contributed by atoms with Crippen molar-refractivity contribution in [3.8, 4) is 0 Å². The van der Waals surface area contributed by atoms with Gasteiger partial charge in [-0.2, -0.15) is 0 Å². The molecule has 2 aliphatic rings. The third kappa shape index (κ3) is 3.64. The van der Waals surface area contributed by atoms with Gasteiger partial charge in [-0.15, -0.1) is 0 Å². The summed E-state index contributed by atoms with van der Waals surface area (Å²) in [6, 6.07) is 8.51. The maximum atomic E-state index is 13.7. The van der Waals surface area contributed by atoms with Crippen molar-refractivity contribution in [1.29, 1.82) is 0 Å². The number of nitrogens with zero attached hydrogens (tertiary/aromatic N) is 1. The number of benzene rings is 1. The molecule has 0 aromatic heterocycles. The van der Waals surface area contributed by atoms with Crippen molar-refractivity contribution in [2.45, 2.75) is 57.0 Å². The second-order valence-corrected chi connectivity index (χ2v) is 6.67. The molecule has 0 radical (unpaired) electrons. The number of nitrogens with one attached hydrogen (secondary N) is 1. The zero-order valence-electron chi connectivity index (χ0n) is 13.0. The van der Waals surface area contributed by atoms with Crippen LogP contribution in [0.25, 0.3) is 0 Å². The van der Waals surface area contributed by atoms with Crippen LogP contribution in [-0.4, -0.2) is 36.6 Å². The molecule has 1 heterocycles. The summed E-state index contributed by atoms with van der Waals surface area (Å²) >= 11 is 0. The molecule has 2 nitrogen and oxygen atoms in total. The van der Waals surface area contributed by atoms with Crippen LogP contribution in [0.15, 0.2) is 24.3 Å². The van der Waals surface area contributed by atoms with Gasteiger partial charge in [-0.25, -0.2) is 4.39 Å². The molecule has 0 bridgehead atoms. The second kappa shape index (κ2) is 6.89. The lowest BCUT2D eigenvalue weighted by Crippen LogP contribution is -2.50. The van der Waals surface area contributed by atoms with E-state index in [2.05, 4.69) is 17.1 Å². The predicted molar refractivity (Wildman–Crippen MR) is 85.1 cm³/mol. The molecule has 2 fully saturated rings. The summed E-state index contributed by atoms with van der Waals surface area (Å²) in [5, 5.41) is 3.79. The van der Waals surface area contributed by atoms with Gasteiger partial charge in [-0.05, 0) is 69.3 Å². The molecule has 1 saturated carbocycles. The minimum atomic E-state index is -0.0335. The smallest absolute Gasteiger partial charge is 0.126 e. The monoisotopic (exact) mass is 290 g/mol. The van der Waals surface area contributed by atoms with Crippen molar-refractivity contribution in [3.63, 3.8) is 0 Å². The number of hydrogen-bond acceptors (Lipinski definition) is 2. The average Bonchev–Trinajstić information content (AvgIpc) is 2.46. The van der Waals surface area contributed by atoms with Crippen LogP contribution in [0, 0.1) is 5.82 Å². The summed E-state index contributed by atoms with van der Waals surface area (Å²) in [4.78, 5) is 2.57. The van der Waals surface area contributed by atoms with Gasteiger partial charge in [0.05, 0.1) is 0 Å². The van der Waals surface area contributed by atoms with Crippen molar-refractivity contribution >= 4 is 0 Å². The highest BCUT2D eigenvalue weighted by atomic mass is 19.1. The molecule has 116 valence electrons. The molecule has 1 aliphatic carbocycles. The normalized spacial score (nSPS) is 27.5. The van der Waals surface area contributed by atoms with Crippen molar-refractivity contribution in [3.05, 3.63) is 35.6 Å². The molecule has 0 spiro atoms. The first-order valence-electron chi connectivity index (χ1n) is 8.49. The molecule has 1 saturated heterocycles. The summed E-state index contributed by atoms with van der Waals surface area (Å²) in [6.45, 7) is 5.96. The van der Waals surface area contributed by atoms with Crippen LogP contribution in [-0.2, 0) is 0 Å². The molecular weight excluding hydrogens is 263 g/mol. The van der Waals surface area contributed by atoms with E-state index in [1.807, 2.05) is 12.1 Å². The predicted octanol–water partition coefficient (Wildman–Crippen LogP) is 3.54. The molecule has 3 heteroatoms. The van der Waals surface area contributed by atoms with Crippen LogP contribution in [0.4, 0.5) is 4.39 Å². The van der Waals surface area contributed by atoms with Gasteiger partial charge in [0.1, 0.15) is 5.82 Å². The highest BCUT2D eigenvalue weighted by molar-refractivity contribution is 5.24. The van der Waals surface area contributed by atoms with Crippen molar-refractivity contribution in [1.82, 2.24) is 10.2 Å². The number of piperidine rings is 1. The fourth-order valence-corrected chi connectivity index (χ4v) is 3.79. The molecule has 3 rings (SSSR count). The Morgan fingerprint density at radius 2 is 1.86 bits per heavy atom. The Bertz CT molecular complexity index is 448. The lowest BCUT2D eigenvalue weighted by molar-refractivity contribution is 0.170. The van der Waals surface area contributed by atoms with E-state index in [1.54, 1.807) is 12.1 Å². The molecule has 1 N–H and O–H groups in total. The molecule has 21 heavy (non-hydrogen) atoms. The summed E-state index contributed by atoms with van der Waals surface area (Å²) in [7, 11) is 0. The lowest BCUT2D eigenvalue weighted by Gasteiger charge is -2.41. The first-order valence-corrected chi connectivity index (χ1v) is 8.49. The summed E-state index contributed by atoms with van der Waals surface area (Å²) in [5.41, 5.74) is 0.910. The van der Waals surface area contributed by atoms with Gasteiger partial charge < -0.3 is 10.2 Å². The molecule has 1 aliphatic heterocycles. The van der Waals surface area contributed by atoms with Crippen LogP contribution in [0.1, 0.15) is 50.5 Å². The topological polar surface area (TPSA) is 15.3 Å². The van der Waals surface area contributed by atoms with Crippen molar-refractivity contribution in [2.75, 3.05) is 19.6 Å². The van der Waals surface area contributed by atoms with E-state index in [0.29, 0.717) is 18.0 Å². The zero-order valence-corrected chi connectivity index (χ0v) is 13.0. The van der Waals surface area contributed by atoms with Gasteiger partial charge in [0.15, 0.2) is 0 Å². The van der Waals surface area contributed by atoms with Gasteiger partial charge in [-0.1, -0.05) is 25.1 Å². The van der Waals surface area contributed by atoms with E-state index < -0.39 is 0 Å². The Morgan fingerprint density at radius 3 is 2.52 bits per heavy atom. The van der Waals surface area contributed by atoms with Crippen molar-refractivity contribution in [2.24, 2.45) is 0 Å². The Morgan fingerprint density at radius 1 is 1.14 bits per heavy atom. The summed E-state index contributed by atoms with van der Waals surface area (Å²) < 4.78 is 13.7. The number of hydrogen-bond donors (Lipinski definition) is 1. The van der Waals surface area contributed by atoms with Crippen LogP contribution >= 0.6 is 0 Å². The molecule has 1 aromatic carbocycles. The number of rotatable bonds is 5. The summed E-state index contributed by atoms with van der Waals surface area (Å²) in [6.07, 6.45) is 5.97. The Labute approximate surface area is 127 Å². The second-order valence-electron chi connectivity index (χ2n) is 6.67. The molecule has 0 atom stereocenters. The third-order valence-electron chi connectivity index (χ3n) is 5.08.